The first-order valence-corrected chi connectivity index (χ1v) is 6.94. The van der Waals surface area contributed by atoms with Gasteiger partial charge in [0.25, 0.3) is 0 Å². The van der Waals surface area contributed by atoms with Crippen LogP contribution in [0.2, 0.25) is 5.02 Å². The monoisotopic (exact) mass is 282 g/mol. The van der Waals surface area contributed by atoms with E-state index < -0.39 is 5.97 Å². The predicted octanol–water partition coefficient (Wildman–Crippen LogP) is 3.25. The van der Waals surface area contributed by atoms with Gasteiger partial charge in [-0.3, -0.25) is 0 Å². The first-order chi connectivity index (χ1) is 8.99. The number of rotatable bonds is 2. The fourth-order valence-electron chi connectivity index (χ4n) is 2.59. The highest BCUT2D eigenvalue weighted by atomic mass is 35.5. The van der Waals surface area contributed by atoms with Crippen LogP contribution in [0.4, 0.5) is 11.4 Å². The fraction of sp³-hybridized carbons (Fsp3) is 0.500. The van der Waals surface area contributed by atoms with E-state index >= 15 is 0 Å². The molecule has 19 heavy (non-hydrogen) atoms. The van der Waals surface area contributed by atoms with Gasteiger partial charge in [0.2, 0.25) is 0 Å². The molecule has 0 aliphatic carbocycles. The van der Waals surface area contributed by atoms with Gasteiger partial charge in [-0.05, 0) is 37.3 Å². The van der Waals surface area contributed by atoms with Crippen LogP contribution >= 0.6 is 11.6 Å². The van der Waals surface area contributed by atoms with Crippen molar-refractivity contribution in [2.75, 3.05) is 23.7 Å². The molecule has 0 spiro atoms. The maximum Gasteiger partial charge on any atom is 0.337 e. The third kappa shape index (κ3) is 3.13. The summed E-state index contributed by atoms with van der Waals surface area (Å²) in [6, 6.07) is 3.11. The lowest BCUT2D eigenvalue weighted by Crippen LogP contribution is -2.26. The Morgan fingerprint density at radius 2 is 2.16 bits per heavy atom. The van der Waals surface area contributed by atoms with Crippen molar-refractivity contribution in [1.82, 2.24) is 0 Å². The summed E-state index contributed by atoms with van der Waals surface area (Å²) in [4.78, 5) is 13.5. The second-order valence-electron chi connectivity index (χ2n) is 5.23. The fourth-order valence-corrected chi connectivity index (χ4v) is 2.94. The number of benzene rings is 1. The first-order valence-electron chi connectivity index (χ1n) is 6.56. The van der Waals surface area contributed by atoms with E-state index in [-0.39, 0.29) is 5.56 Å². The minimum absolute atomic E-state index is 0.194. The van der Waals surface area contributed by atoms with Gasteiger partial charge in [0.1, 0.15) is 0 Å². The number of nitrogen functional groups attached to an aromatic ring is 1. The molecule has 0 aromatic heterocycles. The molecule has 0 radical (unpaired) electrons. The van der Waals surface area contributed by atoms with Crippen LogP contribution in [-0.2, 0) is 0 Å². The van der Waals surface area contributed by atoms with E-state index in [1.165, 1.54) is 12.5 Å². The van der Waals surface area contributed by atoms with Crippen LogP contribution in [0, 0.1) is 5.92 Å². The third-order valence-corrected chi connectivity index (χ3v) is 3.94. The van der Waals surface area contributed by atoms with Crippen LogP contribution in [-0.4, -0.2) is 24.2 Å². The van der Waals surface area contributed by atoms with E-state index in [1.54, 1.807) is 6.07 Å². The molecule has 1 fully saturated rings. The van der Waals surface area contributed by atoms with Gasteiger partial charge in [0.15, 0.2) is 0 Å². The standard InChI is InChI=1S/C14H19ClN2O2/c1-9-3-2-5-17(6-4-9)13-11(14(18)19)7-10(16)8-12(13)15/h7-9H,2-6,16H2,1H3,(H,18,19). The van der Waals surface area contributed by atoms with Crippen molar-refractivity contribution in [1.29, 1.82) is 0 Å². The summed E-state index contributed by atoms with van der Waals surface area (Å²) in [5.41, 5.74) is 6.87. The Hall–Kier alpha value is -1.42. The van der Waals surface area contributed by atoms with Crippen molar-refractivity contribution in [2.24, 2.45) is 5.92 Å². The van der Waals surface area contributed by atoms with E-state index in [1.807, 2.05) is 0 Å². The number of carbonyl (C=O) groups is 1. The van der Waals surface area contributed by atoms with Gasteiger partial charge >= 0.3 is 5.97 Å². The van der Waals surface area contributed by atoms with E-state index in [0.717, 1.165) is 25.9 Å². The molecule has 4 nitrogen and oxygen atoms in total. The molecule has 0 bridgehead atoms. The Labute approximate surface area is 118 Å². The normalized spacial score (nSPS) is 20.1. The molecular weight excluding hydrogens is 264 g/mol. The van der Waals surface area contributed by atoms with E-state index in [2.05, 4.69) is 11.8 Å². The maximum absolute atomic E-state index is 11.4. The number of carboxylic acids is 1. The van der Waals surface area contributed by atoms with Gasteiger partial charge in [-0.2, -0.15) is 0 Å². The van der Waals surface area contributed by atoms with Gasteiger partial charge < -0.3 is 15.7 Å². The number of aromatic carboxylic acids is 1. The SMILES string of the molecule is CC1CCCN(c2c(Cl)cc(N)cc2C(=O)O)CC1. The average Bonchev–Trinajstić information content (AvgIpc) is 2.53. The average molecular weight is 283 g/mol. The summed E-state index contributed by atoms with van der Waals surface area (Å²) in [7, 11) is 0. The van der Waals surface area contributed by atoms with Crippen molar-refractivity contribution in [3.8, 4) is 0 Å². The quantitative estimate of drug-likeness (QED) is 0.817. The highest BCUT2D eigenvalue weighted by Gasteiger charge is 2.22. The molecular formula is C14H19ClN2O2. The Balaban J connectivity index is 2.40. The lowest BCUT2D eigenvalue weighted by molar-refractivity contribution is 0.0697. The van der Waals surface area contributed by atoms with Crippen LogP contribution in [0.15, 0.2) is 12.1 Å². The number of anilines is 2. The lowest BCUT2D eigenvalue weighted by Gasteiger charge is -2.26. The number of nitrogens with zero attached hydrogens (tertiary/aromatic N) is 1. The molecule has 1 heterocycles. The maximum atomic E-state index is 11.4. The van der Waals surface area contributed by atoms with Crippen molar-refractivity contribution in [2.45, 2.75) is 26.2 Å². The summed E-state index contributed by atoms with van der Waals surface area (Å²) >= 11 is 6.22. The lowest BCUT2D eigenvalue weighted by atomic mass is 10.0. The van der Waals surface area contributed by atoms with Crippen LogP contribution < -0.4 is 10.6 Å². The van der Waals surface area contributed by atoms with Gasteiger partial charge in [0, 0.05) is 18.8 Å². The zero-order valence-electron chi connectivity index (χ0n) is 11.0. The molecule has 0 amide bonds. The molecule has 3 N–H and O–H groups in total. The van der Waals surface area contributed by atoms with E-state index in [9.17, 15) is 9.90 Å². The molecule has 5 heteroatoms. The number of hydrogen-bond donors (Lipinski definition) is 2. The first kappa shape index (κ1) is 14.0. The molecule has 1 saturated heterocycles. The molecule has 1 aromatic rings. The van der Waals surface area contributed by atoms with Crippen molar-refractivity contribution in [3.05, 3.63) is 22.7 Å². The molecule has 2 rings (SSSR count). The Morgan fingerprint density at radius 1 is 1.42 bits per heavy atom. The topological polar surface area (TPSA) is 66.6 Å². The Bertz CT molecular complexity index is 491. The molecule has 1 atom stereocenters. The molecule has 1 unspecified atom stereocenters. The third-order valence-electron chi connectivity index (χ3n) is 3.65. The molecule has 0 saturated carbocycles. The van der Waals surface area contributed by atoms with E-state index in [0.29, 0.717) is 22.3 Å². The zero-order chi connectivity index (χ0) is 14.0. The predicted molar refractivity (Wildman–Crippen MR) is 78.1 cm³/mol. The van der Waals surface area contributed by atoms with Gasteiger partial charge in [0.05, 0.1) is 16.3 Å². The largest absolute Gasteiger partial charge is 0.478 e. The van der Waals surface area contributed by atoms with Crippen molar-refractivity contribution in [3.63, 3.8) is 0 Å². The Kier molecular flexibility index (Phi) is 4.20. The summed E-state index contributed by atoms with van der Waals surface area (Å²) in [5.74, 6) is -0.313. The summed E-state index contributed by atoms with van der Waals surface area (Å²) in [5, 5.41) is 9.75. The van der Waals surface area contributed by atoms with Gasteiger partial charge in [-0.1, -0.05) is 18.5 Å². The van der Waals surface area contributed by atoms with Crippen LogP contribution in [0.3, 0.4) is 0 Å². The minimum Gasteiger partial charge on any atom is -0.478 e. The van der Waals surface area contributed by atoms with Crippen LogP contribution in [0.25, 0.3) is 0 Å². The van der Waals surface area contributed by atoms with Gasteiger partial charge in [-0.25, -0.2) is 4.79 Å². The van der Waals surface area contributed by atoms with Crippen molar-refractivity contribution >= 4 is 28.9 Å². The molecule has 1 aromatic carbocycles. The molecule has 104 valence electrons. The molecule has 1 aliphatic heterocycles. The van der Waals surface area contributed by atoms with E-state index in [4.69, 9.17) is 17.3 Å². The van der Waals surface area contributed by atoms with Crippen molar-refractivity contribution < 1.29 is 9.90 Å². The smallest absolute Gasteiger partial charge is 0.337 e. The zero-order valence-corrected chi connectivity index (χ0v) is 11.8. The Morgan fingerprint density at radius 3 is 2.84 bits per heavy atom. The number of halogens is 1. The van der Waals surface area contributed by atoms with Crippen LogP contribution in [0.5, 0.6) is 0 Å². The minimum atomic E-state index is -0.985. The second kappa shape index (κ2) is 5.70. The molecule has 1 aliphatic rings. The highest BCUT2D eigenvalue weighted by molar-refractivity contribution is 6.34. The highest BCUT2D eigenvalue weighted by Crippen LogP contribution is 2.34. The number of nitrogens with two attached hydrogens (primary N) is 1. The second-order valence-corrected chi connectivity index (χ2v) is 5.63. The summed E-state index contributed by atoms with van der Waals surface area (Å²) < 4.78 is 0. The summed E-state index contributed by atoms with van der Waals surface area (Å²) in [6.07, 6.45) is 3.28. The number of hydrogen-bond acceptors (Lipinski definition) is 3. The van der Waals surface area contributed by atoms with Gasteiger partial charge in [-0.15, -0.1) is 0 Å². The number of carboxylic acid groups (broad SMARTS) is 1. The summed E-state index contributed by atoms with van der Waals surface area (Å²) in [6.45, 7) is 3.91. The van der Waals surface area contributed by atoms with Crippen LogP contribution in [0.1, 0.15) is 36.5 Å².